The molecule has 0 atom stereocenters. The Morgan fingerprint density at radius 1 is 0.493 bits per heavy atom. The number of aryl methyl sites for hydroxylation is 3. The van der Waals surface area contributed by atoms with Gasteiger partial charge in [-0.05, 0) is 260 Å². The molecule has 0 bridgehead atoms. The van der Waals surface area contributed by atoms with E-state index in [1.54, 1.807) is 111 Å². The van der Waals surface area contributed by atoms with Gasteiger partial charge in [0.1, 0.15) is 28.8 Å². The minimum Gasteiger partial charge on any atom is -0.493 e. The fourth-order valence-electron chi connectivity index (χ4n) is 21.2. The minimum atomic E-state index is -5.68. The molecule has 754 valence electrons. The quantitative estimate of drug-likeness (QED) is 0.0723. The molecule has 140 heavy (non-hydrogen) atoms. The van der Waals surface area contributed by atoms with Crippen LogP contribution in [0.5, 0.6) is 17.2 Å². The van der Waals surface area contributed by atoms with Crippen molar-refractivity contribution in [3.05, 3.63) is 218 Å². The van der Waals surface area contributed by atoms with E-state index in [9.17, 15) is 90.7 Å². The first-order chi connectivity index (χ1) is 65.8. The van der Waals surface area contributed by atoms with Crippen LogP contribution in [-0.4, -0.2) is 254 Å². The summed E-state index contributed by atoms with van der Waals surface area (Å²) in [5.74, 6) is -5.87. The van der Waals surface area contributed by atoms with Crippen LogP contribution in [0.25, 0.3) is 11.3 Å². The Labute approximate surface area is 811 Å². The molecule has 0 radical (unpaired) electrons. The summed E-state index contributed by atoms with van der Waals surface area (Å²) in [7, 11) is 5.71. The molecule has 5 aromatic heterocycles. The molecule has 4 fully saturated rings. The number of fused-ring (bicyclic) bond motifs is 8. The van der Waals surface area contributed by atoms with Crippen LogP contribution in [0.3, 0.4) is 0 Å². The number of ether oxygens (including phenoxy) is 4. The highest BCUT2D eigenvalue weighted by molar-refractivity contribution is 7.91. The third kappa shape index (κ3) is 20.2. The molecular formula is C100H117ClF11N15O12S. The number of sulfone groups is 1. The first-order valence-corrected chi connectivity index (χ1v) is 48.7. The zero-order valence-electron chi connectivity index (χ0n) is 80.7. The van der Waals surface area contributed by atoms with E-state index in [1.807, 2.05) is 116 Å². The highest BCUT2D eigenvalue weighted by Gasteiger charge is 2.62. The number of alkyl halides is 11. The Morgan fingerprint density at radius 2 is 0.921 bits per heavy atom. The third-order valence-electron chi connectivity index (χ3n) is 28.6. The second-order valence-corrected chi connectivity index (χ2v) is 40.8. The number of halogens is 12. The van der Waals surface area contributed by atoms with E-state index in [-0.39, 0.29) is 71.9 Å². The molecule has 0 saturated carbocycles. The van der Waals surface area contributed by atoms with Crippen LogP contribution in [0, 0.1) is 25.2 Å². The molecule has 13 heterocycles. The highest BCUT2D eigenvalue weighted by atomic mass is 35.5. The Balaban J connectivity index is 0.000000149. The number of likely N-dealkylation sites (tertiary alicyclic amines) is 4. The lowest BCUT2D eigenvalue weighted by molar-refractivity contribution is -0.292. The Morgan fingerprint density at radius 3 is 1.36 bits per heavy atom. The summed E-state index contributed by atoms with van der Waals surface area (Å²) in [5, 5.41) is 14.3. The van der Waals surface area contributed by atoms with E-state index in [1.165, 1.54) is 40.5 Å². The zero-order chi connectivity index (χ0) is 102. The number of ketones is 1. The summed E-state index contributed by atoms with van der Waals surface area (Å²) in [5.41, 5.74) is 3.69. The number of aromatic nitrogens is 6. The molecule has 0 aliphatic carbocycles. The maximum Gasteiger partial charge on any atom is 0.459 e. The van der Waals surface area contributed by atoms with E-state index in [0.717, 1.165) is 39.2 Å². The lowest BCUT2D eigenvalue weighted by atomic mass is 9.81. The van der Waals surface area contributed by atoms with E-state index >= 15 is 0 Å². The Bertz CT molecular complexity index is 6310. The van der Waals surface area contributed by atoms with E-state index in [2.05, 4.69) is 21.0 Å². The fourth-order valence-corrected chi connectivity index (χ4v) is 22.5. The predicted octanol–water partition coefficient (Wildman–Crippen LogP) is 17.5. The minimum absolute atomic E-state index is 0.0133. The van der Waals surface area contributed by atoms with Gasteiger partial charge in [-0.2, -0.15) is 58.7 Å². The van der Waals surface area contributed by atoms with Gasteiger partial charge in [0.2, 0.25) is 0 Å². The number of benzene rings is 4. The average Bonchev–Trinajstić information content (AvgIpc) is 1.51. The number of rotatable bonds is 14. The Kier molecular flexibility index (Phi) is 29.7. The lowest BCUT2D eigenvalue weighted by Crippen LogP contribution is -2.60. The molecule has 9 aromatic rings. The molecule has 0 unspecified atom stereocenters. The molecule has 0 N–H and O–H groups in total. The first kappa shape index (κ1) is 104. The molecular weight excluding hydrogens is 1880 g/mol. The Hall–Kier alpha value is -11.7. The molecule has 27 nitrogen and oxygen atoms in total. The topological polar surface area (TPSA) is 261 Å². The number of carbonyl (C=O) groups excluding carboxylic acids is 6. The molecule has 5 amide bonds. The fraction of sp³-hybridized carbons (Fsp3) is 0.500. The van der Waals surface area contributed by atoms with Crippen molar-refractivity contribution in [1.29, 1.82) is 5.26 Å². The van der Waals surface area contributed by atoms with E-state index < -0.39 is 79.2 Å². The summed E-state index contributed by atoms with van der Waals surface area (Å²) >= 11 is 6.35. The van der Waals surface area contributed by atoms with Gasteiger partial charge in [-0.3, -0.25) is 48.3 Å². The molecule has 4 saturated heterocycles. The number of Topliss-reactive ketones (excluding diaryl/α,β-unsaturated/α-hetero) is 1. The average molecular weight is 2000 g/mol. The second kappa shape index (κ2) is 40.0. The van der Waals surface area contributed by atoms with Crippen LogP contribution in [0.15, 0.2) is 138 Å². The number of likely N-dealkylation sites (N-methyl/N-ethyl adjacent to an activating group) is 3. The predicted molar refractivity (Wildman–Crippen MR) is 500 cm³/mol. The van der Waals surface area contributed by atoms with Gasteiger partial charge in [0.25, 0.3) is 29.4 Å². The van der Waals surface area contributed by atoms with Gasteiger partial charge in [0, 0.05) is 169 Å². The van der Waals surface area contributed by atoms with Crippen molar-refractivity contribution < 1.29 is 104 Å². The second-order valence-electron chi connectivity index (χ2n) is 38.1. The lowest BCUT2D eigenvalue weighted by Gasteiger charge is -2.51. The maximum absolute atomic E-state index is 14.2. The van der Waals surface area contributed by atoms with Gasteiger partial charge in [0.15, 0.2) is 21.3 Å². The van der Waals surface area contributed by atoms with Crippen molar-refractivity contribution in [3.8, 4) is 34.6 Å². The number of amides is 5. The normalized spacial score (nSPS) is 18.1. The number of carbonyl (C=O) groups is 6. The largest absolute Gasteiger partial charge is 0.493 e. The van der Waals surface area contributed by atoms with Crippen molar-refractivity contribution in [2.45, 2.75) is 203 Å². The van der Waals surface area contributed by atoms with Gasteiger partial charge < -0.3 is 56.8 Å². The van der Waals surface area contributed by atoms with Gasteiger partial charge in [-0.25, -0.2) is 13.2 Å². The summed E-state index contributed by atoms with van der Waals surface area (Å²) in [6.07, 6.45) is -9.39. The summed E-state index contributed by atoms with van der Waals surface area (Å²) in [6, 6.07) is 36.1. The first-order valence-electron chi connectivity index (χ1n) is 46.7. The molecule has 8 aliphatic rings. The molecule has 8 aliphatic heterocycles. The molecule has 4 aromatic carbocycles. The third-order valence-corrected chi connectivity index (χ3v) is 30.8. The monoisotopic (exact) mass is 2000 g/mol. The number of hydrogen-bond acceptors (Lipinski definition) is 17. The van der Waals surface area contributed by atoms with Crippen LogP contribution in [0.2, 0.25) is 5.02 Å². The summed E-state index contributed by atoms with van der Waals surface area (Å²) < 4.78 is 202. The summed E-state index contributed by atoms with van der Waals surface area (Å²) in [6.45, 7) is 23.1. The van der Waals surface area contributed by atoms with Crippen molar-refractivity contribution in [3.63, 3.8) is 0 Å². The van der Waals surface area contributed by atoms with Crippen LogP contribution < -0.4 is 14.2 Å². The smallest absolute Gasteiger partial charge is 0.459 e. The molecule has 40 heteroatoms. The van der Waals surface area contributed by atoms with Gasteiger partial charge in [-0.15, -0.1) is 0 Å². The standard InChI is InChI=1S/C26H32F5N3O3.C26H28F3N5O2.C25H29ClN4O4.C23H28F3N3O3S/c1-23(2,3)37-18-7-6-17(16-19(18)36-5)22(35)33-12-10-24(11-13-33)20-8-9-21(25(27,28)26(29,30)31)34(20)15-14-32(24)4;1-17-16-18(4-5-19(17)20-8-11-32(3)30-20)24(36)33-12-9-25(10-13-33)22-7-6-21(23(35)26(27,28)29)34(22)15-14-31(25)2;1-4-33-24(32)30-14-13-29-19(16-27)6-8-22(29)25(30)9-11-28(12-10-25)23(31)18-5-7-21(20(26)15-18)34-17(2)3;1-4-33(31,32)18-6-5-17(15-16(18)2)21(30)28-11-9-22(10-12-28)19-7-8-20(23(24,25)26)29(19)14-13-27(22)3/h6-9,16H,10-15H2,1-5H3;4-8,11,16H,9-10,12-15H2,1-3H3;5-8,15,17H,4,9-14H2,1-3H3;5-8,15H,4,9-14H2,1-3H3. The number of nitrogens with zero attached hydrogens (tertiary/aromatic N) is 15. The van der Waals surface area contributed by atoms with Crippen molar-refractivity contribution in [2.24, 2.45) is 7.05 Å². The number of nitriles is 1. The van der Waals surface area contributed by atoms with Gasteiger partial charge in [0.05, 0.1) is 74.7 Å². The SMILES string of the molecule is CCOC(=O)N1CCn2c(C#N)ccc2C12CCN(C(=O)c1ccc(OC(C)C)c(Cl)c1)CC2.CCS(=O)(=O)c1ccc(C(=O)N2CCC3(CC2)c2ccc(C(F)(F)F)n2CCN3C)cc1C.COc1cc(C(=O)N2CCC3(CC2)c2ccc(C(F)(F)C(F)(F)F)n2CCN3C)ccc1OC(C)(C)C.Cc1cc(C(=O)N2CCC3(CC2)c2ccc(C(=O)C(F)(F)F)n2CCN3C)ccc1-c1ccn(C)n1. The zero-order valence-corrected chi connectivity index (χ0v) is 82.3. The van der Waals surface area contributed by atoms with Gasteiger partial charge >= 0.3 is 30.5 Å². The van der Waals surface area contributed by atoms with Crippen LogP contribution in [-0.2, 0) is 82.1 Å². The van der Waals surface area contributed by atoms with Crippen LogP contribution >= 0.6 is 11.6 Å². The maximum atomic E-state index is 14.2. The van der Waals surface area contributed by atoms with Crippen LogP contribution in [0.1, 0.15) is 203 Å². The van der Waals surface area contributed by atoms with Crippen molar-refractivity contribution in [2.75, 3.05) is 119 Å². The van der Waals surface area contributed by atoms with Crippen molar-refractivity contribution >= 4 is 56.9 Å². The van der Waals surface area contributed by atoms with E-state index in [0.29, 0.717) is 216 Å². The molecule has 4 spiro atoms. The highest BCUT2D eigenvalue weighted by Crippen LogP contribution is 2.52. The van der Waals surface area contributed by atoms with Gasteiger partial charge in [-0.1, -0.05) is 24.6 Å². The molecule has 17 rings (SSSR count). The van der Waals surface area contributed by atoms with Crippen LogP contribution in [0.4, 0.5) is 53.1 Å². The van der Waals surface area contributed by atoms with E-state index in [4.69, 9.17) is 30.5 Å². The number of methoxy groups -OCH3 is 1. The van der Waals surface area contributed by atoms with Crippen molar-refractivity contribution in [1.82, 2.24) is 67.2 Å². The summed E-state index contributed by atoms with van der Waals surface area (Å²) in [4.78, 5) is 93.1. The number of hydrogen-bond donors (Lipinski definition) is 0. The number of piperidine rings is 4.